The largest absolute Gasteiger partial charge is 0.350 e. The molecule has 7 nitrogen and oxygen atoms in total. The fourth-order valence-electron chi connectivity index (χ4n) is 3.79. The van der Waals surface area contributed by atoms with Crippen molar-refractivity contribution in [1.82, 2.24) is 19.4 Å². The Bertz CT molecular complexity index is 990. The van der Waals surface area contributed by atoms with Crippen LogP contribution in [0.2, 0.25) is 0 Å². The Morgan fingerprint density at radius 2 is 1.77 bits per heavy atom. The maximum absolute atomic E-state index is 13.2. The Morgan fingerprint density at radius 1 is 1.13 bits per heavy atom. The van der Waals surface area contributed by atoms with Crippen LogP contribution in [0.25, 0.3) is 0 Å². The van der Waals surface area contributed by atoms with Crippen molar-refractivity contribution in [3.8, 4) is 0 Å². The maximum Gasteiger partial charge on any atom is 0.251 e. The lowest BCUT2D eigenvalue weighted by atomic mass is 10.1. The molecule has 1 atom stereocenters. The van der Waals surface area contributed by atoms with Crippen LogP contribution in [0.3, 0.4) is 0 Å². The molecule has 1 amide bonds. The van der Waals surface area contributed by atoms with Gasteiger partial charge in [0.15, 0.2) is 0 Å². The van der Waals surface area contributed by atoms with Crippen molar-refractivity contribution >= 4 is 15.9 Å². The smallest absolute Gasteiger partial charge is 0.251 e. The van der Waals surface area contributed by atoms with Gasteiger partial charge in [-0.3, -0.25) is 9.48 Å². The van der Waals surface area contributed by atoms with Crippen LogP contribution in [0, 0.1) is 13.8 Å². The van der Waals surface area contributed by atoms with Gasteiger partial charge in [-0.15, -0.1) is 0 Å². The van der Waals surface area contributed by atoms with Crippen molar-refractivity contribution in [2.75, 3.05) is 13.1 Å². The Morgan fingerprint density at radius 3 is 2.37 bits per heavy atom. The first-order valence-electron chi connectivity index (χ1n) is 10.7. The normalized spacial score (nSPS) is 16.4. The summed E-state index contributed by atoms with van der Waals surface area (Å²) in [6, 6.07) is 7.50. The van der Waals surface area contributed by atoms with Crippen LogP contribution in [0.4, 0.5) is 0 Å². The zero-order valence-corrected chi connectivity index (χ0v) is 19.1. The highest BCUT2D eigenvalue weighted by atomic mass is 32.2. The molecule has 0 saturated carbocycles. The molecule has 1 aromatic carbocycles. The molecule has 1 aromatic heterocycles. The van der Waals surface area contributed by atoms with Gasteiger partial charge in [0.2, 0.25) is 10.0 Å². The van der Waals surface area contributed by atoms with Gasteiger partial charge in [-0.1, -0.05) is 25.5 Å². The number of aromatic nitrogens is 2. The number of piperidine rings is 1. The van der Waals surface area contributed by atoms with Crippen molar-refractivity contribution in [2.45, 2.75) is 70.9 Å². The summed E-state index contributed by atoms with van der Waals surface area (Å²) in [5, 5.41) is 7.46. The van der Waals surface area contributed by atoms with Crippen molar-refractivity contribution in [3.63, 3.8) is 0 Å². The molecule has 1 aliphatic heterocycles. The Labute approximate surface area is 179 Å². The fraction of sp³-hybridized carbons (Fsp3) is 0.545. The van der Waals surface area contributed by atoms with Crippen LogP contribution in [-0.4, -0.2) is 47.5 Å². The first kappa shape index (κ1) is 22.5. The van der Waals surface area contributed by atoms with E-state index in [4.69, 9.17) is 0 Å². The Hall–Kier alpha value is -2.19. The summed E-state index contributed by atoms with van der Waals surface area (Å²) in [5.41, 5.74) is 2.75. The zero-order valence-electron chi connectivity index (χ0n) is 18.3. The molecule has 1 fully saturated rings. The van der Waals surface area contributed by atoms with E-state index in [1.54, 1.807) is 28.0 Å². The van der Waals surface area contributed by atoms with Crippen molar-refractivity contribution in [1.29, 1.82) is 0 Å². The highest BCUT2D eigenvalue weighted by Gasteiger charge is 2.31. The number of sulfonamides is 1. The lowest BCUT2D eigenvalue weighted by molar-refractivity contribution is 0.0939. The number of nitrogens with one attached hydrogen (secondary N) is 1. The molecule has 0 aliphatic carbocycles. The fourth-order valence-corrected chi connectivity index (χ4v) is 5.68. The van der Waals surface area contributed by atoms with E-state index < -0.39 is 10.0 Å². The van der Waals surface area contributed by atoms with E-state index >= 15 is 0 Å². The van der Waals surface area contributed by atoms with Gasteiger partial charge in [0.1, 0.15) is 4.90 Å². The number of benzene rings is 1. The Kier molecular flexibility index (Phi) is 6.98. The van der Waals surface area contributed by atoms with Gasteiger partial charge in [-0.2, -0.15) is 9.40 Å². The number of hydrogen-bond donors (Lipinski definition) is 1. The van der Waals surface area contributed by atoms with E-state index in [1.807, 2.05) is 32.9 Å². The van der Waals surface area contributed by atoms with Crippen molar-refractivity contribution < 1.29 is 13.2 Å². The number of hydrogen-bond acceptors (Lipinski definition) is 4. The number of aryl methyl sites for hydroxylation is 1. The number of nitrogens with zero attached hydrogens (tertiary/aromatic N) is 3. The maximum atomic E-state index is 13.2. The molecular weight excluding hydrogens is 400 g/mol. The zero-order chi connectivity index (χ0) is 21.9. The summed E-state index contributed by atoms with van der Waals surface area (Å²) in [6.07, 6.45) is 3.77. The molecule has 2 heterocycles. The van der Waals surface area contributed by atoms with E-state index in [0.29, 0.717) is 41.5 Å². The summed E-state index contributed by atoms with van der Waals surface area (Å²) < 4.78 is 29.6. The minimum Gasteiger partial charge on any atom is -0.350 e. The predicted molar refractivity (Wildman–Crippen MR) is 117 cm³/mol. The van der Waals surface area contributed by atoms with Crippen LogP contribution in [-0.2, 0) is 16.6 Å². The third-order valence-electron chi connectivity index (χ3n) is 5.77. The van der Waals surface area contributed by atoms with Gasteiger partial charge < -0.3 is 5.32 Å². The third-order valence-corrected chi connectivity index (χ3v) is 7.92. The molecule has 0 bridgehead atoms. The number of carbonyl (C=O) groups excluding carboxylic acids is 1. The van der Waals surface area contributed by atoms with Crippen molar-refractivity contribution in [2.24, 2.45) is 0 Å². The van der Waals surface area contributed by atoms with Crippen LogP contribution < -0.4 is 5.32 Å². The van der Waals surface area contributed by atoms with E-state index in [0.717, 1.165) is 31.2 Å². The van der Waals surface area contributed by atoms with Gasteiger partial charge in [0.05, 0.1) is 17.9 Å². The molecule has 8 heteroatoms. The van der Waals surface area contributed by atoms with E-state index in [-0.39, 0.29) is 11.9 Å². The molecule has 2 aromatic rings. The van der Waals surface area contributed by atoms with Gasteiger partial charge >= 0.3 is 0 Å². The SMILES string of the molecule is CC[C@@H](C)NC(=O)c1ccc(Cn2nc(C)c(S(=O)(=O)N3CCCCC3)c2C)cc1. The minimum atomic E-state index is -3.53. The molecule has 30 heavy (non-hydrogen) atoms. The monoisotopic (exact) mass is 432 g/mol. The minimum absolute atomic E-state index is 0.0862. The highest BCUT2D eigenvalue weighted by molar-refractivity contribution is 7.89. The Balaban J connectivity index is 1.78. The second kappa shape index (κ2) is 9.31. The quantitative estimate of drug-likeness (QED) is 0.728. The molecule has 0 spiro atoms. The molecule has 164 valence electrons. The molecule has 0 unspecified atom stereocenters. The average molecular weight is 433 g/mol. The average Bonchev–Trinajstić information content (AvgIpc) is 3.02. The van der Waals surface area contributed by atoms with Gasteiger partial charge in [0, 0.05) is 24.7 Å². The molecule has 1 aliphatic rings. The van der Waals surface area contributed by atoms with Crippen LogP contribution >= 0.6 is 0 Å². The number of rotatable bonds is 7. The third kappa shape index (κ3) is 4.75. The van der Waals surface area contributed by atoms with E-state index in [1.165, 1.54) is 0 Å². The topological polar surface area (TPSA) is 84.3 Å². The predicted octanol–water partition coefficient (Wildman–Crippen LogP) is 3.25. The van der Waals surface area contributed by atoms with Crippen LogP contribution in [0.1, 0.15) is 66.8 Å². The molecule has 0 radical (unpaired) electrons. The lowest BCUT2D eigenvalue weighted by Crippen LogP contribution is -2.36. The molecule has 3 rings (SSSR count). The molecular formula is C22H32N4O3S. The van der Waals surface area contributed by atoms with Gasteiger partial charge in [-0.05, 0) is 57.7 Å². The van der Waals surface area contributed by atoms with Crippen LogP contribution in [0.5, 0.6) is 0 Å². The summed E-state index contributed by atoms with van der Waals surface area (Å²) in [7, 11) is -3.53. The number of amides is 1. The highest BCUT2D eigenvalue weighted by Crippen LogP contribution is 2.26. The first-order valence-corrected chi connectivity index (χ1v) is 12.1. The van der Waals surface area contributed by atoms with E-state index in [2.05, 4.69) is 10.4 Å². The molecule has 1 N–H and O–H groups in total. The summed E-state index contributed by atoms with van der Waals surface area (Å²) >= 11 is 0. The van der Waals surface area contributed by atoms with Gasteiger partial charge in [0.25, 0.3) is 5.91 Å². The summed E-state index contributed by atoms with van der Waals surface area (Å²) in [5.74, 6) is -0.0862. The standard InChI is InChI=1S/C22H32N4O3S/c1-5-16(2)23-22(27)20-11-9-19(10-12-20)15-26-18(4)21(17(3)24-26)30(28,29)25-13-7-6-8-14-25/h9-12,16H,5-8,13-15H2,1-4H3,(H,23,27)/t16-/m1/s1. The van der Waals surface area contributed by atoms with Crippen molar-refractivity contribution in [3.05, 3.63) is 46.8 Å². The number of carbonyl (C=O) groups is 1. The second-order valence-corrected chi connectivity index (χ2v) is 9.98. The van der Waals surface area contributed by atoms with Crippen LogP contribution in [0.15, 0.2) is 29.2 Å². The van der Waals surface area contributed by atoms with Gasteiger partial charge in [-0.25, -0.2) is 8.42 Å². The summed E-state index contributed by atoms with van der Waals surface area (Å²) in [4.78, 5) is 12.6. The summed E-state index contributed by atoms with van der Waals surface area (Å²) in [6.45, 7) is 9.18. The van der Waals surface area contributed by atoms with E-state index in [9.17, 15) is 13.2 Å². The second-order valence-electron chi connectivity index (χ2n) is 8.10. The first-order chi connectivity index (χ1) is 14.2. The lowest BCUT2D eigenvalue weighted by Gasteiger charge is -2.26. The molecule has 1 saturated heterocycles.